The number of aromatic nitrogens is 1. The summed E-state index contributed by atoms with van der Waals surface area (Å²) >= 11 is 3.03. The summed E-state index contributed by atoms with van der Waals surface area (Å²) < 4.78 is 0. The van der Waals surface area contributed by atoms with Crippen molar-refractivity contribution in [3.05, 3.63) is 32.6 Å². The molecule has 0 bridgehead atoms. The van der Waals surface area contributed by atoms with Gasteiger partial charge >= 0.3 is 5.97 Å². The summed E-state index contributed by atoms with van der Waals surface area (Å²) in [5, 5.41) is 12.6. The Morgan fingerprint density at radius 2 is 2.29 bits per heavy atom. The number of aromatic carboxylic acids is 1. The largest absolute Gasteiger partial charge is 0.476 e. The van der Waals surface area contributed by atoms with Crippen molar-refractivity contribution in [3.8, 4) is 0 Å². The highest BCUT2D eigenvalue weighted by atomic mass is 32.1. The van der Waals surface area contributed by atoms with Crippen LogP contribution in [0.1, 0.15) is 25.8 Å². The molecule has 6 heteroatoms. The molecule has 2 rings (SSSR count). The molecule has 4 nitrogen and oxygen atoms in total. The van der Waals surface area contributed by atoms with Gasteiger partial charge in [-0.05, 0) is 25.5 Å². The highest BCUT2D eigenvalue weighted by molar-refractivity contribution is 7.14. The van der Waals surface area contributed by atoms with Crippen LogP contribution >= 0.6 is 22.7 Å². The molecule has 0 saturated carbocycles. The monoisotopic (exact) mass is 268 g/mol. The summed E-state index contributed by atoms with van der Waals surface area (Å²) in [5.41, 5.74) is 2.91. The van der Waals surface area contributed by atoms with Gasteiger partial charge in [-0.1, -0.05) is 0 Å². The predicted molar refractivity (Wildman–Crippen MR) is 70.2 cm³/mol. The second-order valence-electron chi connectivity index (χ2n) is 3.64. The molecule has 0 aliphatic rings. The van der Waals surface area contributed by atoms with E-state index in [1.807, 2.05) is 0 Å². The first-order valence-corrected chi connectivity index (χ1v) is 6.74. The lowest BCUT2D eigenvalue weighted by atomic mass is 10.3. The second kappa shape index (κ2) is 4.85. The number of hydrogen-bond donors (Lipinski definition) is 2. The maximum Gasteiger partial charge on any atom is 0.357 e. The van der Waals surface area contributed by atoms with Crippen molar-refractivity contribution in [1.82, 2.24) is 4.98 Å². The fourth-order valence-corrected chi connectivity index (χ4v) is 3.09. The fraction of sp³-hybridized carbons (Fsp3) is 0.273. The number of carboxylic acid groups (broad SMARTS) is 1. The molecule has 0 unspecified atom stereocenters. The van der Waals surface area contributed by atoms with Gasteiger partial charge in [-0.25, -0.2) is 9.78 Å². The minimum absolute atomic E-state index is 0.0972. The number of nitrogens with zero attached hydrogens (tertiary/aromatic N) is 1. The Labute approximate surface area is 107 Å². The molecule has 0 aliphatic carbocycles. The van der Waals surface area contributed by atoms with Gasteiger partial charge in [-0.15, -0.1) is 22.7 Å². The van der Waals surface area contributed by atoms with Gasteiger partial charge in [0.1, 0.15) is 5.00 Å². The molecule has 0 atom stereocenters. The van der Waals surface area contributed by atoms with Crippen LogP contribution in [0.5, 0.6) is 0 Å². The van der Waals surface area contributed by atoms with Gasteiger partial charge in [0.15, 0.2) is 5.69 Å². The van der Waals surface area contributed by atoms with Crippen molar-refractivity contribution in [3.63, 3.8) is 0 Å². The standard InChI is InChI=1S/C11H12N2O2S2/c1-6-3-8(17-7(6)2)4-12-10-9(11(14)15)13-5-16-10/h3,5,12H,4H2,1-2H3,(H,14,15). The maximum absolute atomic E-state index is 10.9. The summed E-state index contributed by atoms with van der Waals surface area (Å²) in [5.74, 6) is -0.993. The Morgan fingerprint density at radius 3 is 2.88 bits per heavy atom. The van der Waals surface area contributed by atoms with Gasteiger partial charge in [0.25, 0.3) is 0 Å². The number of carboxylic acids is 1. The van der Waals surface area contributed by atoms with Gasteiger partial charge in [-0.3, -0.25) is 0 Å². The summed E-state index contributed by atoms with van der Waals surface area (Å²) in [4.78, 5) is 17.2. The molecule has 0 radical (unpaired) electrons. The highest BCUT2D eigenvalue weighted by Gasteiger charge is 2.13. The first-order valence-electron chi connectivity index (χ1n) is 5.04. The Hall–Kier alpha value is -1.40. The number of rotatable bonds is 4. The van der Waals surface area contributed by atoms with E-state index in [1.54, 1.807) is 11.3 Å². The molecule has 90 valence electrons. The Bertz CT molecular complexity index is 526. The van der Waals surface area contributed by atoms with E-state index in [0.717, 1.165) is 0 Å². The first-order chi connectivity index (χ1) is 8.08. The number of hydrogen-bond acceptors (Lipinski definition) is 5. The van der Waals surface area contributed by atoms with Crippen molar-refractivity contribution in [2.75, 3.05) is 5.32 Å². The van der Waals surface area contributed by atoms with E-state index >= 15 is 0 Å². The third kappa shape index (κ3) is 2.65. The van der Waals surface area contributed by atoms with Crippen molar-refractivity contribution in [2.45, 2.75) is 20.4 Å². The van der Waals surface area contributed by atoms with Crippen LogP contribution < -0.4 is 5.32 Å². The zero-order chi connectivity index (χ0) is 12.4. The number of aryl methyl sites for hydroxylation is 2. The van der Waals surface area contributed by atoms with Crippen LogP contribution in [0, 0.1) is 13.8 Å². The van der Waals surface area contributed by atoms with Crippen LogP contribution in [0.3, 0.4) is 0 Å². The van der Waals surface area contributed by atoms with E-state index in [0.29, 0.717) is 11.5 Å². The lowest BCUT2D eigenvalue weighted by molar-refractivity contribution is 0.0692. The van der Waals surface area contributed by atoms with Crippen molar-refractivity contribution in [2.24, 2.45) is 0 Å². The number of carbonyl (C=O) groups is 1. The Morgan fingerprint density at radius 1 is 1.53 bits per heavy atom. The molecule has 17 heavy (non-hydrogen) atoms. The third-order valence-electron chi connectivity index (χ3n) is 2.41. The molecule has 2 aromatic heterocycles. The molecule has 2 aromatic rings. The molecular weight excluding hydrogens is 256 g/mol. The second-order valence-corrected chi connectivity index (χ2v) is 5.84. The summed E-state index contributed by atoms with van der Waals surface area (Å²) in [6.07, 6.45) is 0. The van der Waals surface area contributed by atoms with E-state index < -0.39 is 5.97 Å². The van der Waals surface area contributed by atoms with Gasteiger partial charge < -0.3 is 10.4 Å². The highest BCUT2D eigenvalue weighted by Crippen LogP contribution is 2.24. The van der Waals surface area contributed by atoms with E-state index in [4.69, 9.17) is 5.11 Å². The zero-order valence-corrected chi connectivity index (χ0v) is 11.1. The van der Waals surface area contributed by atoms with Crippen LogP contribution in [0.2, 0.25) is 0 Å². The summed E-state index contributed by atoms with van der Waals surface area (Å²) in [6, 6.07) is 2.12. The summed E-state index contributed by atoms with van der Waals surface area (Å²) in [7, 11) is 0. The predicted octanol–water partition coefficient (Wildman–Crippen LogP) is 3.13. The van der Waals surface area contributed by atoms with Crippen LogP contribution in [0.4, 0.5) is 5.00 Å². The smallest absolute Gasteiger partial charge is 0.357 e. The molecule has 0 saturated heterocycles. The van der Waals surface area contributed by atoms with E-state index in [1.165, 1.54) is 32.2 Å². The average molecular weight is 268 g/mol. The lowest BCUT2D eigenvalue weighted by Crippen LogP contribution is -2.03. The van der Waals surface area contributed by atoms with Gasteiger partial charge in [0, 0.05) is 9.75 Å². The summed E-state index contributed by atoms with van der Waals surface area (Å²) in [6.45, 7) is 4.80. The van der Waals surface area contributed by atoms with E-state index in [-0.39, 0.29) is 5.69 Å². The topological polar surface area (TPSA) is 62.2 Å². The molecule has 2 heterocycles. The Balaban J connectivity index is 2.07. The van der Waals surface area contributed by atoms with E-state index in [9.17, 15) is 4.79 Å². The first kappa shape index (κ1) is 12.1. The quantitative estimate of drug-likeness (QED) is 0.894. The zero-order valence-electron chi connectivity index (χ0n) is 9.48. The van der Waals surface area contributed by atoms with Crippen molar-refractivity contribution >= 4 is 33.6 Å². The van der Waals surface area contributed by atoms with Crippen LogP contribution in [-0.4, -0.2) is 16.1 Å². The fourth-order valence-electron chi connectivity index (χ4n) is 1.43. The molecule has 0 fully saturated rings. The number of nitrogens with one attached hydrogen (secondary N) is 1. The molecule has 0 spiro atoms. The minimum atomic E-state index is -0.993. The van der Waals surface area contributed by atoms with Gasteiger partial charge in [0.05, 0.1) is 12.1 Å². The van der Waals surface area contributed by atoms with E-state index in [2.05, 4.69) is 30.2 Å². The molecule has 0 aliphatic heterocycles. The van der Waals surface area contributed by atoms with Crippen LogP contribution in [-0.2, 0) is 6.54 Å². The van der Waals surface area contributed by atoms with Crippen LogP contribution in [0.25, 0.3) is 0 Å². The minimum Gasteiger partial charge on any atom is -0.476 e. The Kier molecular flexibility index (Phi) is 3.44. The maximum atomic E-state index is 10.9. The van der Waals surface area contributed by atoms with Crippen molar-refractivity contribution in [1.29, 1.82) is 0 Å². The number of thiazole rings is 1. The lowest BCUT2D eigenvalue weighted by Gasteiger charge is -2.01. The molecular formula is C11H12N2O2S2. The third-order valence-corrected chi connectivity index (χ3v) is 4.35. The molecule has 0 amide bonds. The van der Waals surface area contributed by atoms with Gasteiger partial charge in [0.2, 0.25) is 0 Å². The van der Waals surface area contributed by atoms with Gasteiger partial charge in [-0.2, -0.15) is 0 Å². The van der Waals surface area contributed by atoms with Crippen molar-refractivity contribution < 1.29 is 9.90 Å². The normalized spacial score (nSPS) is 10.5. The number of thiophene rings is 1. The SMILES string of the molecule is Cc1cc(CNc2scnc2C(=O)O)sc1C. The number of anilines is 1. The average Bonchev–Trinajstić information content (AvgIpc) is 2.83. The molecule has 2 N–H and O–H groups in total. The molecule has 0 aromatic carbocycles. The van der Waals surface area contributed by atoms with Crippen LogP contribution in [0.15, 0.2) is 11.6 Å².